The van der Waals surface area contributed by atoms with Crippen molar-refractivity contribution < 1.29 is 14.6 Å². The highest BCUT2D eigenvalue weighted by atomic mass is 16.5. The first-order valence-electron chi connectivity index (χ1n) is 6.06. The van der Waals surface area contributed by atoms with E-state index >= 15 is 0 Å². The fraction of sp³-hybridized carbons (Fsp3) is 0.538. The summed E-state index contributed by atoms with van der Waals surface area (Å²) in [6.07, 6.45) is 1.15. The normalized spacial score (nSPS) is 23.1. The highest BCUT2D eigenvalue weighted by Crippen LogP contribution is 2.23. The number of hydrogen-bond acceptors (Lipinski definition) is 4. The highest BCUT2D eigenvalue weighted by Gasteiger charge is 2.28. The Morgan fingerprint density at radius 2 is 2.28 bits per heavy atom. The number of rotatable bonds is 3. The van der Waals surface area contributed by atoms with E-state index in [4.69, 9.17) is 9.84 Å². The first-order chi connectivity index (χ1) is 8.50. The quantitative estimate of drug-likeness (QED) is 0.884. The smallest absolute Gasteiger partial charge is 0.337 e. The van der Waals surface area contributed by atoms with Crippen molar-refractivity contribution in [2.45, 2.75) is 32.4 Å². The van der Waals surface area contributed by atoms with Gasteiger partial charge in [-0.2, -0.15) is 0 Å². The Kier molecular flexibility index (Phi) is 3.52. The maximum Gasteiger partial charge on any atom is 0.337 e. The molecular weight excluding hydrogens is 232 g/mol. The van der Waals surface area contributed by atoms with Crippen LogP contribution in [0.25, 0.3) is 0 Å². The number of anilines is 1. The summed E-state index contributed by atoms with van der Waals surface area (Å²) in [5.74, 6) is -0.147. The number of carboxylic acid groups (broad SMARTS) is 1. The van der Waals surface area contributed by atoms with E-state index in [1.54, 1.807) is 19.1 Å². The van der Waals surface area contributed by atoms with Gasteiger partial charge >= 0.3 is 5.97 Å². The zero-order valence-corrected chi connectivity index (χ0v) is 10.9. The maximum absolute atomic E-state index is 10.9. The molecule has 1 aliphatic rings. The Morgan fingerprint density at radius 1 is 1.56 bits per heavy atom. The molecule has 0 aliphatic carbocycles. The molecule has 1 fully saturated rings. The Labute approximate surface area is 106 Å². The molecule has 1 aromatic rings. The zero-order valence-electron chi connectivity index (χ0n) is 10.9. The van der Waals surface area contributed by atoms with Crippen LogP contribution in [0.2, 0.25) is 0 Å². The Hall–Kier alpha value is -1.62. The lowest BCUT2D eigenvalue weighted by molar-refractivity contribution is 0.0695. The van der Waals surface area contributed by atoms with Gasteiger partial charge in [0.25, 0.3) is 0 Å². The molecule has 2 heterocycles. The van der Waals surface area contributed by atoms with Gasteiger partial charge in [0.1, 0.15) is 5.82 Å². The van der Waals surface area contributed by atoms with Gasteiger partial charge in [0.15, 0.2) is 0 Å². The van der Waals surface area contributed by atoms with Gasteiger partial charge < -0.3 is 14.7 Å². The van der Waals surface area contributed by atoms with Crippen LogP contribution in [-0.2, 0) is 4.74 Å². The van der Waals surface area contributed by atoms with E-state index in [1.807, 2.05) is 14.0 Å². The van der Waals surface area contributed by atoms with E-state index in [0.29, 0.717) is 11.7 Å². The van der Waals surface area contributed by atoms with E-state index in [2.05, 4.69) is 9.88 Å². The van der Waals surface area contributed by atoms with Crippen molar-refractivity contribution in [2.75, 3.05) is 18.6 Å². The molecule has 1 aliphatic heterocycles. The molecule has 5 heteroatoms. The lowest BCUT2D eigenvalue weighted by Crippen LogP contribution is -2.37. The van der Waals surface area contributed by atoms with Crippen molar-refractivity contribution in [1.82, 2.24) is 4.98 Å². The minimum absolute atomic E-state index is 0.177. The van der Waals surface area contributed by atoms with Crippen LogP contribution in [0.4, 0.5) is 5.82 Å². The lowest BCUT2D eigenvalue weighted by atomic mass is 10.1. The molecule has 0 aromatic carbocycles. The average Bonchev–Trinajstić information content (AvgIpc) is 2.74. The molecule has 1 aromatic heterocycles. The average molecular weight is 250 g/mol. The van der Waals surface area contributed by atoms with Gasteiger partial charge in [-0.15, -0.1) is 0 Å². The van der Waals surface area contributed by atoms with Crippen LogP contribution < -0.4 is 4.90 Å². The molecule has 1 N–H and O–H groups in total. The standard InChI is InChI=1S/C13H18N2O3/c1-8-10(13(16)17)4-5-12(14-8)15(3)11-6-7-18-9(11)2/h4-5,9,11H,6-7H2,1-3H3,(H,16,17). The van der Waals surface area contributed by atoms with E-state index in [-0.39, 0.29) is 11.7 Å². The number of hydrogen-bond donors (Lipinski definition) is 1. The molecular formula is C13H18N2O3. The summed E-state index contributed by atoms with van der Waals surface area (Å²) in [6, 6.07) is 3.66. The van der Waals surface area contributed by atoms with Crippen molar-refractivity contribution in [3.05, 3.63) is 23.4 Å². The van der Waals surface area contributed by atoms with Gasteiger partial charge in [-0.3, -0.25) is 0 Å². The topological polar surface area (TPSA) is 62.7 Å². The van der Waals surface area contributed by atoms with Crippen LogP contribution in [-0.4, -0.2) is 41.9 Å². The first-order valence-corrected chi connectivity index (χ1v) is 6.06. The summed E-state index contributed by atoms with van der Waals surface area (Å²) >= 11 is 0. The molecule has 1 saturated heterocycles. The predicted molar refractivity (Wildman–Crippen MR) is 68.2 cm³/mol. The highest BCUT2D eigenvalue weighted by molar-refractivity contribution is 5.89. The number of nitrogens with zero attached hydrogens (tertiary/aromatic N) is 2. The van der Waals surface area contributed by atoms with E-state index in [1.165, 1.54) is 0 Å². The molecule has 2 rings (SSSR count). The largest absolute Gasteiger partial charge is 0.478 e. The third-order valence-electron chi connectivity index (χ3n) is 3.50. The lowest BCUT2D eigenvalue weighted by Gasteiger charge is -2.28. The molecule has 18 heavy (non-hydrogen) atoms. The first kappa shape index (κ1) is 12.8. The molecule has 5 nitrogen and oxygen atoms in total. The second kappa shape index (κ2) is 4.94. The van der Waals surface area contributed by atoms with Crippen LogP contribution in [0.3, 0.4) is 0 Å². The third kappa shape index (κ3) is 2.31. The monoisotopic (exact) mass is 250 g/mol. The number of ether oxygens (including phenoxy) is 1. The van der Waals surface area contributed by atoms with Crippen molar-refractivity contribution >= 4 is 11.8 Å². The fourth-order valence-corrected chi connectivity index (χ4v) is 2.37. The molecule has 0 bridgehead atoms. The van der Waals surface area contributed by atoms with Crippen LogP contribution >= 0.6 is 0 Å². The summed E-state index contributed by atoms with van der Waals surface area (Å²) in [4.78, 5) is 17.4. The van der Waals surface area contributed by atoms with Crippen molar-refractivity contribution in [1.29, 1.82) is 0 Å². The van der Waals surface area contributed by atoms with Crippen LogP contribution in [0, 0.1) is 6.92 Å². The van der Waals surface area contributed by atoms with Crippen LogP contribution in [0.15, 0.2) is 12.1 Å². The van der Waals surface area contributed by atoms with Crippen molar-refractivity contribution in [3.8, 4) is 0 Å². The number of aromatic nitrogens is 1. The van der Waals surface area contributed by atoms with E-state index in [0.717, 1.165) is 18.8 Å². The second-order valence-electron chi connectivity index (χ2n) is 4.65. The summed E-state index contributed by atoms with van der Waals surface area (Å²) < 4.78 is 5.54. The Morgan fingerprint density at radius 3 is 2.78 bits per heavy atom. The van der Waals surface area contributed by atoms with Gasteiger partial charge in [-0.05, 0) is 32.4 Å². The number of aryl methyl sites for hydroxylation is 1. The van der Waals surface area contributed by atoms with Gasteiger partial charge in [-0.1, -0.05) is 0 Å². The molecule has 0 saturated carbocycles. The van der Waals surface area contributed by atoms with Gasteiger partial charge in [0, 0.05) is 13.7 Å². The Balaban J connectivity index is 2.23. The summed E-state index contributed by atoms with van der Waals surface area (Å²) in [5, 5.41) is 8.98. The minimum atomic E-state index is -0.938. The second-order valence-corrected chi connectivity index (χ2v) is 4.65. The molecule has 0 amide bonds. The van der Waals surface area contributed by atoms with Crippen LogP contribution in [0.1, 0.15) is 29.4 Å². The van der Waals surface area contributed by atoms with Crippen molar-refractivity contribution in [3.63, 3.8) is 0 Å². The SMILES string of the molecule is Cc1nc(N(C)C2CCOC2C)ccc1C(=O)O. The van der Waals surface area contributed by atoms with Crippen molar-refractivity contribution in [2.24, 2.45) is 0 Å². The zero-order chi connectivity index (χ0) is 13.3. The summed E-state index contributed by atoms with van der Waals surface area (Å²) in [5.41, 5.74) is 0.793. The molecule has 2 atom stereocenters. The maximum atomic E-state index is 10.9. The number of likely N-dealkylation sites (N-methyl/N-ethyl adjacent to an activating group) is 1. The molecule has 2 unspecified atom stereocenters. The van der Waals surface area contributed by atoms with E-state index < -0.39 is 5.97 Å². The third-order valence-corrected chi connectivity index (χ3v) is 3.50. The number of aromatic carboxylic acids is 1. The number of carbonyl (C=O) groups is 1. The summed E-state index contributed by atoms with van der Waals surface area (Å²) in [6.45, 7) is 4.53. The predicted octanol–water partition coefficient (Wildman–Crippen LogP) is 1.70. The van der Waals surface area contributed by atoms with Gasteiger partial charge in [-0.25, -0.2) is 9.78 Å². The summed E-state index contributed by atoms with van der Waals surface area (Å²) in [7, 11) is 1.97. The van der Waals surface area contributed by atoms with Gasteiger partial charge in [0.05, 0.1) is 23.4 Å². The molecule has 98 valence electrons. The molecule has 0 radical (unpaired) electrons. The van der Waals surface area contributed by atoms with Crippen LogP contribution in [0.5, 0.6) is 0 Å². The molecule has 0 spiro atoms. The van der Waals surface area contributed by atoms with E-state index in [9.17, 15) is 4.79 Å². The van der Waals surface area contributed by atoms with Gasteiger partial charge in [0.2, 0.25) is 0 Å². The number of carboxylic acids is 1. The number of pyridine rings is 1. The fourth-order valence-electron chi connectivity index (χ4n) is 2.37. The Bertz CT molecular complexity index is 462. The minimum Gasteiger partial charge on any atom is -0.478 e.